The molecule has 1 saturated heterocycles. The summed E-state index contributed by atoms with van der Waals surface area (Å²) in [5.74, 6) is -0.429. The average Bonchev–Trinajstić information content (AvgIpc) is 2.65. The van der Waals surface area contributed by atoms with Gasteiger partial charge >= 0.3 is 12.1 Å². The van der Waals surface area contributed by atoms with Gasteiger partial charge in [0.25, 0.3) is 5.69 Å². The van der Waals surface area contributed by atoms with Crippen molar-refractivity contribution in [1.82, 2.24) is 4.31 Å². The number of carbonyl (C=O) groups excluding carboxylic acids is 2. The largest absolute Gasteiger partial charge is 0.428 e. The Morgan fingerprint density at radius 3 is 2.67 bits per heavy atom. The van der Waals surface area contributed by atoms with Gasteiger partial charge in [0.2, 0.25) is 0 Å². The van der Waals surface area contributed by atoms with Crippen LogP contribution in [0.4, 0.5) is 10.5 Å². The van der Waals surface area contributed by atoms with Crippen LogP contribution < -0.4 is 0 Å². The summed E-state index contributed by atoms with van der Waals surface area (Å²) in [4.78, 5) is 34.2. The fourth-order valence-electron chi connectivity index (χ4n) is 1.95. The second kappa shape index (κ2) is 6.13. The maximum Gasteiger partial charge on any atom is 0.428 e. The Hall–Kier alpha value is -2.09. The van der Waals surface area contributed by atoms with Crippen molar-refractivity contribution >= 4 is 29.7 Å². The second-order valence-electron chi connectivity index (χ2n) is 4.97. The van der Waals surface area contributed by atoms with Crippen molar-refractivity contribution in [3.8, 4) is 0 Å². The van der Waals surface area contributed by atoms with Crippen molar-refractivity contribution in [1.29, 1.82) is 0 Å². The molecule has 0 N–H and O–H groups in total. The molecule has 1 fully saturated rings. The topological polar surface area (TPSA) is 89.8 Å². The van der Waals surface area contributed by atoms with E-state index in [1.807, 2.05) is 13.8 Å². The molecule has 0 aromatic heterocycles. The molecule has 1 atom stereocenters. The number of cyclic esters (lactones) is 2. The molecule has 1 heterocycles. The summed E-state index contributed by atoms with van der Waals surface area (Å²) in [6.45, 7) is 3.84. The number of rotatable bonds is 5. The minimum absolute atomic E-state index is 0.113. The predicted molar refractivity (Wildman–Crippen MR) is 75.5 cm³/mol. The number of nitro groups is 1. The maximum atomic E-state index is 11.8. The highest BCUT2D eigenvalue weighted by Crippen LogP contribution is 2.36. The standard InChI is InChI=1S/C13H14N2O5S/c1-8(2)7-10-12(16)20-13(17)14(10)21-11-6-4-3-5-9(11)15(18)19/h3-6,8,10H,7H2,1-2H3/t10-/m0/s1. The first kappa shape index (κ1) is 15.3. The van der Waals surface area contributed by atoms with Crippen molar-refractivity contribution in [3.05, 3.63) is 34.4 Å². The van der Waals surface area contributed by atoms with Gasteiger partial charge in [-0.3, -0.25) is 10.1 Å². The van der Waals surface area contributed by atoms with E-state index in [9.17, 15) is 19.7 Å². The van der Waals surface area contributed by atoms with Gasteiger partial charge in [-0.2, -0.15) is 0 Å². The average molecular weight is 310 g/mol. The zero-order valence-electron chi connectivity index (χ0n) is 11.5. The Labute approximate surface area is 125 Å². The third kappa shape index (κ3) is 3.33. The van der Waals surface area contributed by atoms with Gasteiger partial charge in [0.05, 0.1) is 4.92 Å². The van der Waals surface area contributed by atoms with E-state index in [-0.39, 0.29) is 11.6 Å². The van der Waals surface area contributed by atoms with E-state index in [1.54, 1.807) is 12.1 Å². The summed E-state index contributed by atoms with van der Waals surface area (Å²) in [6.07, 6.45) is -0.341. The lowest BCUT2D eigenvalue weighted by Crippen LogP contribution is -2.30. The van der Waals surface area contributed by atoms with E-state index >= 15 is 0 Å². The van der Waals surface area contributed by atoms with Crippen LogP contribution in [0.15, 0.2) is 29.2 Å². The molecule has 1 aliphatic heterocycles. The molecule has 0 spiro atoms. The van der Waals surface area contributed by atoms with Crippen LogP contribution in [0.2, 0.25) is 0 Å². The summed E-state index contributed by atoms with van der Waals surface area (Å²) in [5.41, 5.74) is -0.113. The summed E-state index contributed by atoms with van der Waals surface area (Å²) in [6, 6.07) is 5.34. The van der Waals surface area contributed by atoms with Crippen LogP contribution in [0.1, 0.15) is 20.3 Å². The SMILES string of the molecule is CC(C)C[C@H]1C(=O)OC(=O)N1Sc1ccccc1[N+](=O)[O-]. The Kier molecular flexibility index (Phi) is 4.46. The predicted octanol–water partition coefficient (Wildman–Crippen LogP) is 3.00. The highest BCUT2D eigenvalue weighted by atomic mass is 32.2. The zero-order valence-corrected chi connectivity index (χ0v) is 12.3. The summed E-state index contributed by atoms with van der Waals surface area (Å²) >= 11 is 0.864. The highest BCUT2D eigenvalue weighted by Gasteiger charge is 2.43. The van der Waals surface area contributed by atoms with Gasteiger partial charge in [0.15, 0.2) is 0 Å². The molecule has 7 nitrogen and oxygen atoms in total. The van der Waals surface area contributed by atoms with Crippen LogP contribution in [0, 0.1) is 16.0 Å². The molecule has 8 heteroatoms. The smallest absolute Gasteiger partial charge is 0.374 e. The summed E-state index contributed by atoms with van der Waals surface area (Å²) < 4.78 is 5.79. The highest BCUT2D eigenvalue weighted by molar-refractivity contribution is 7.97. The molecule has 0 saturated carbocycles. The van der Waals surface area contributed by atoms with Crippen LogP contribution in [0.3, 0.4) is 0 Å². The van der Waals surface area contributed by atoms with Crippen molar-refractivity contribution in [3.63, 3.8) is 0 Å². The van der Waals surface area contributed by atoms with Gasteiger partial charge < -0.3 is 4.74 Å². The molecule has 0 bridgehead atoms. The lowest BCUT2D eigenvalue weighted by atomic mass is 10.0. The maximum absolute atomic E-state index is 11.8. The normalized spacial score (nSPS) is 18.2. The van der Waals surface area contributed by atoms with Crippen molar-refractivity contribution < 1.29 is 19.2 Å². The zero-order chi connectivity index (χ0) is 15.6. The van der Waals surface area contributed by atoms with Crippen LogP contribution in [-0.2, 0) is 9.53 Å². The van der Waals surface area contributed by atoms with E-state index in [2.05, 4.69) is 4.74 Å². The van der Waals surface area contributed by atoms with Gasteiger partial charge in [-0.05, 0) is 18.4 Å². The first-order valence-corrected chi connectivity index (χ1v) is 7.13. The molecule has 112 valence electrons. The first-order valence-electron chi connectivity index (χ1n) is 6.36. The minimum atomic E-state index is -0.784. The van der Waals surface area contributed by atoms with Gasteiger partial charge in [-0.1, -0.05) is 26.0 Å². The van der Waals surface area contributed by atoms with Crippen LogP contribution in [-0.4, -0.2) is 27.3 Å². The summed E-state index contributed by atoms with van der Waals surface area (Å²) in [7, 11) is 0. The fourth-order valence-corrected chi connectivity index (χ4v) is 2.95. The van der Waals surface area contributed by atoms with E-state index in [4.69, 9.17) is 0 Å². The Balaban J connectivity index is 2.26. The molecule has 1 amide bonds. The van der Waals surface area contributed by atoms with Crippen LogP contribution in [0.5, 0.6) is 0 Å². The molecular weight excluding hydrogens is 296 g/mol. The quantitative estimate of drug-likeness (QED) is 0.273. The number of nitrogens with zero attached hydrogens (tertiary/aromatic N) is 2. The van der Waals surface area contributed by atoms with Gasteiger partial charge in [-0.15, -0.1) is 0 Å². The number of nitro benzene ring substituents is 1. The summed E-state index contributed by atoms with van der Waals surface area (Å²) in [5, 5.41) is 11.0. The van der Waals surface area contributed by atoms with Crippen molar-refractivity contribution in [2.45, 2.75) is 31.2 Å². The first-order chi connectivity index (χ1) is 9.90. The number of amides is 1. The number of carbonyl (C=O) groups is 2. The Bertz CT molecular complexity index is 590. The van der Waals surface area contributed by atoms with E-state index in [0.29, 0.717) is 11.3 Å². The molecular formula is C13H14N2O5S. The lowest BCUT2D eigenvalue weighted by molar-refractivity contribution is -0.387. The minimum Gasteiger partial charge on any atom is -0.374 e. The third-order valence-corrected chi connectivity index (χ3v) is 4.02. The van der Waals surface area contributed by atoms with Gasteiger partial charge in [-0.25, -0.2) is 13.9 Å². The second-order valence-corrected chi connectivity index (χ2v) is 5.99. The van der Waals surface area contributed by atoms with Gasteiger partial charge in [0, 0.05) is 18.0 Å². The number of hydrogen-bond donors (Lipinski definition) is 0. The molecule has 1 aromatic rings. The molecule has 21 heavy (non-hydrogen) atoms. The van der Waals surface area contributed by atoms with E-state index in [0.717, 1.165) is 11.9 Å². The Morgan fingerprint density at radius 2 is 2.05 bits per heavy atom. The fraction of sp³-hybridized carbons (Fsp3) is 0.385. The molecule has 1 aliphatic rings. The van der Waals surface area contributed by atoms with Crippen LogP contribution in [0.25, 0.3) is 0 Å². The van der Waals surface area contributed by atoms with Crippen molar-refractivity contribution in [2.24, 2.45) is 5.92 Å². The number of ether oxygens (including phenoxy) is 1. The molecule has 0 unspecified atom stereocenters. The molecule has 1 aromatic carbocycles. The number of hydrogen-bond acceptors (Lipinski definition) is 6. The van der Waals surface area contributed by atoms with Crippen molar-refractivity contribution in [2.75, 3.05) is 0 Å². The number of esters is 1. The van der Waals surface area contributed by atoms with Gasteiger partial charge in [0.1, 0.15) is 10.9 Å². The lowest BCUT2D eigenvalue weighted by Gasteiger charge is -2.19. The molecule has 0 aliphatic carbocycles. The Morgan fingerprint density at radius 1 is 1.38 bits per heavy atom. The molecule has 0 radical (unpaired) electrons. The monoisotopic (exact) mass is 310 g/mol. The van der Waals surface area contributed by atoms with E-state index in [1.165, 1.54) is 16.4 Å². The number of para-hydroxylation sites is 1. The third-order valence-electron chi connectivity index (χ3n) is 2.88. The number of benzene rings is 1. The molecule has 2 rings (SSSR count). The van der Waals surface area contributed by atoms with Crippen LogP contribution >= 0.6 is 11.9 Å². The van der Waals surface area contributed by atoms with E-state index < -0.39 is 23.0 Å².